The number of carbonyl (C=O) groups excluding carboxylic acids is 2. The van der Waals surface area contributed by atoms with E-state index in [2.05, 4.69) is 5.32 Å². The van der Waals surface area contributed by atoms with Gasteiger partial charge < -0.3 is 14.8 Å². The van der Waals surface area contributed by atoms with Crippen LogP contribution in [0.15, 0.2) is 48.5 Å². The van der Waals surface area contributed by atoms with Crippen LogP contribution in [0, 0.1) is 30.6 Å². The van der Waals surface area contributed by atoms with E-state index in [9.17, 15) is 9.59 Å². The van der Waals surface area contributed by atoms with Crippen molar-refractivity contribution >= 4 is 17.6 Å². The maximum Gasteiger partial charge on any atom is 0.310 e. The van der Waals surface area contributed by atoms with Crippen LogP contribution in [0.2, 0.25) is 0 Å². The SMILES string of the molecule is Cc1ccc(Oc2ccc(NC(=O)[C@H]3[C@@H]4C[C@@H]5[C@@H]3C(=O)O[C@@H]5C4)cc2)cc1. The van der Waals surface area contributed by atoms with Gasteiger partial charge in [-0.1, -0.05) is 17.7 Å². The van der Waals surface area contributed by atoms with E-state index in [0.717, 1.165) is 18.6 Å². The zero-order valence-electron chi connectivity index (χ0n) is 15.1. The van der Waals surface area contributed by atoms with Crippen molar-refractivity contribution in [2.24, 2.45) is 23.7 Å². The number of esters is 1. The highest BCUT2D eigenvalue weighted by atomic mass is 16.6. The normalized spacial score (nSPS) is 30.3. The fourth-order valence-electron chi connectivity index (χ4n) is 4.94. The molecule has 5 rings (SSSR count). The summed E-state index contributed by atoms with van der Waals surface area (Å²) in [5.41, 5.74) is 1.89. The van der Waals surface area contributed by atoms with E-state index in [-0.39, 0.29) is 41.7 Å². The summed E-state index contributed by atoms with van der Waals surface area (Å²) in [6, 6.07) is 15.2. The van der Waals surface area contributed by atoms with Crippen molar-refractivity contribution < 1.29 is 19.1 Å². The lowest BCUT2D eigenvalue weighted by molar-refractivity contribution is -0.145. The Kier molecular flexibility index (Phi) is 3.71. The number of benzene rings is 2. The zero-order chi connectivity index (χ0) is 18.5. The quantitative estimate of drug-likeness (QED) is 0.836. The first-order chi connectivity index (χ1) is 13.1. The molecule has 27 heavy (non-hydrogen) atoms. The Morgan fingerprint density at radius 2 is 1.70 bits per heavy atom. The summed E-state index contributed by atoms with van der Waals surface area (Å²) in [6.45, 7) is 2.03. The fourth-order valence-corrected chi connectivity index (χ4v) is 4.94. The number of nitrogens with one attached hydrogen (secondary N) is 1. The number of ether oxygens (including phenoxy) is 2. The van der Waals surface area contributed by atoms with E-state index >= 15 is 0 Å². The van der Waals surface area contributed by atoms with Crippen molar-refractivity contribution in [3.8, 4) is 11.5 Å². The number of carbonyl (C=O) groups is 2. The van der Waals surface area contributed by atoms with E-state index in [1.807, 2.05) is 55.5 Å². The Bertz CT molecular complexity index is 888. The largest absolute Gasteiger partial charge is 0.462 e. The van der Waals surface area contributed by atoms with Crippen LogP contribution in [-0.2, 0) is 14.3 Å². The van der Waals surface area contributed by atoms with Gasteiger partial charge in [0.25, 0.3) is 0 Å². The minimum absolute atomic E-state index is 0.0507. The van der Waals surface area contributed by atoms with Gasteiger partial charge >= 0.3 is 5.97 Å². The van der Waals surface area contributed by atoms with Crippen LogP contribution in [0.25, 0.3) is 0 Å². The lowest BCUT2D eigenvalue weighted by Crippen LogP contribution is -2.35. The van der Waals surface area contributed by atoms with E-state index in [4.69, 9.17) is 9.47 Å². The molecule has 0 spiro atoms. The van der Waals surface area contributed by atoms with Crippen molar-refractivity contribution in [3.63, 3.8) is 0 Å². The minimum Gasteiger partial charge on any atom is -0.462 e. The Hall–Kier alpha value is -2.82. The maximum atomic E-state index is 12.8. The number of hydrogen-bond donors (Lipinski definition) is 1. The predicted molar refractivity (Wildman–Crippen MR) is 99.4 cm³/mol. The van der Waals surface area contributed by atoms with Gasteiger partial charge in [0.1, 0.15) is 17.6 Å². The van der Waals surface area contributed by atoms with Crippen LogP contribution in [0.4, 0.5) is 5.69 Å². The van der Waals surface area contributed by atoms with Gasteiger partial charge in [0.15, 0.2) is 0 Å². The Morgan fingerprint density at radius 1 is 1.04 bits per heavy atom. The van der Waals surface area contributed by atoms with Crippen molar-refractivity contribution in [2.75, 3.05) is 5.32 Å². The smallest absolute Gasteiger partial charge is 0.310 e. The summed E-state index contributed by atoms with van der Waals surface area (Å²) < 4.78 is 11.2. The second-order valence-corrected chi connectivity index (χ2v) is 7.85. The number of anilines is 1. The number of aryl methyl sites for hydroxylation is 1. The van der Waals surface area contributed by atoms with Crippen LogP contribution in [0.3, 0.4) is 0 Å². The highest BCUT2D eigenvalue weighted by molar-refractivity contribution is 5.97. The molecule has 138 valence electrons. The van der Waals surface area contributed by atoms with Crippen LogP contribution in [0.5, 0.6) is 11.5 Å². The highest BCUT2D eigenvalue weighted by Crippen LogP contribution is 2.57. The molecule has 1 aliphatic heterocycles. The molecule has 1 amide bonds. The molecule has 5 heteroatoms. The number of rotatable bonds is 4. The van der Waals surface area contributed by atoms with Gasteiger partial charge in [0.2, 0.25) is 5.91 Å². The molecule has 5 nitrogen and oxygen atoms in total. The topological polar surface area (TPSA) is 64.6 Å². The van der Waals surface area contributed by atoms with E-state index in [1.54, 1.807) is 0 Å². The number of amides is 1. The molecule has 0 aromatic heterocycles. The molecular weight excluding hydrogens is 342 g/mol. The molecule has 2 aromatic carbocycles. The molecule has 1 N–H and O–H groups in total. The summed E-state index contributed by atoms with van der Waals surface area (Å²) >= 11 is 0. The van der Waals surface area contributed by atoms with E-state index in [0.29, 0.717) is 11.4 Å². The molecule has 0 unspecified atom stereocenters. The van der Waals surface area contributed by atoms with Crippen LogP contribution in [-0.4, -0.2) is 18.0 Å². The molecule has 1 saturated heterocycles. The maximum absolute atomic E-state index is 12.8. The van der Waals surface area contributed by atoms with E-state index < -0.39 is 0 Å². The molecule has 2 aromatic rings. The molecule has 2 saturated carbocycles. The highest BCUT2D eigenvalue weighted by Gasteiger charge is 2.63. The number of fused-ring (bicyclic) bond motifs is 1. The third-order valence-corrected chi connectivity index (χ3v) is 6.16. The van der Waals surface area contributed by atoms with Crippen LogP contribution >= 0.6 is 0 Å². The Labute approximate surface area is 157 Å². The monoisotopic (exact) mass is 363 g/mol. The summed E-state index contributed by atoms with van der Waals surface area (Å²) in [6.07, 6.45) is 1.81. The summed E-state index contributed by atoms with van der Waals surface area (Å²) in [5, 5.41) is 2.97. The summed E-state index contributed by atoms with van der Waals surface area (Å²) in [5.74, 6) is 1.21. The van der Waals surface area contributed by atoms with Gasteiger partial charge in [-0.2, -0.15) is 0 Å². The van der Waals surface area contributed by atoms with E-state index in [1.165, 1.54) is 5.56 Å². The van der Waals surface area contributed by atoms with Gasteiger partial charge in [-0.15, -0.1) is 0 Å². The van der Waals surface area contributed by atoms with Gasteiger partial charge in [0, 0.05) is 11.6 Å². The summed E-state index contributed by atoms with van der Waals surface area (Å²) in [4.78, 5) is 24.9. The van der Waals surface area contributed by atoms with Crippen molar-refractivity contribution in [1.29, 1.82) is 0 Å². The first kappa shape index (κ1) is 16.4. The van der Waals surface area contributed by atoms with Crippen LogP contribution in [0.1, 0.15) is 18.4 Å². The molecule has 5 atom stereocenters. The fraction of sp³-hybridized carbons (Fsp3) is 0.364. The van der Waals surface area contributed by atoms with Gasteiger partial charge in [0.05, 0.1) is 11.8 Å². The summed E-state index contributed by atoms with van der Waals surface area (Å²) in [7, 11) is 0. The molecule has 1 heterocycles. The van der Waals surface area contributed by atoms with Crippen LogP contribution < -0.4 is 10.1 Å². The third-order valence-electron chi connectivity index (χ3n) is 6.16. The first-order valence-electron chi connectivity index (χ1n) is 9.44. The Morgan fingerprint density at radius 3 is 2.41 bits per heavy atom. The van der Waals surface area contributed by atoms with Crippen molar-refractivity contribution in [2.45, 2.75) is 25.9 Å². The molecular formula is C22H21NO4. The zero-order valence-corrected chi connectivity index (χ0v) is 15.1. The average molecular weight is 363 g/mol. The van der Waals surface area contributed by atoms with Crippen molar-refractivity contribution in [3.05, 3.63) is 54.1 Å². The predicted octanol–water partition coefficient (Wildman–Crippen LogP) is 3.92. The average Bonchev–Trinajstić information content (AvgIpc) is 3.27. The second kappa shape index (κ2) is 6.12. The second-order valence-electron chi connectivity index (χ2n) is 7.85. The standard InChI is InChI=1S/C22H21NO4/c1-12-2-6-15(7-3-12)26-16-8-4-14(5-9-16)23-21(24)19-13-10-17-18(11-13)27-22(25)20(17)19/h2-9,13,17-20H,10-11H2,1H3,(H,23,24)/t13-,17+,18-,19+,20+/m1/s1. The number of hydrogen-bond acceptors (Lipinski definition) is 4. The molecule has 2 bridgehead atoms. The van der Waals surface area contributed by atoms with Gasteiger partial charge in [-0.25, -0.2) is 0 Å². The first-order valence-corrected chi connectivity index (χ1v) is 9.44. The third kappa shape index (κ3) is 2.78. The van der Waals surface area contributed by atoms with Crippen molar-refractivity contribution in [1.82, 2.24) is 0 Å². The molecule has 2 aliphatic carbocycles. The van der Waals surface area contributed by atoms with Gasteiger partial charge in [-0.3, -0.25) is 9.59 Å². The Balaban J connectivity index is 1.25. The minimum atomic E-state index is -0.260. The molecule has 3 aliphatic rings. The molecule has 3 fully saturated rings. The van der Waals surface area contributed by atoms with Gasteiger partial charge in [-0.05, 0) is 62.1 Å². The lowest BCUT2D eigenvalue weighted by atomic mass is 9.79. The lowest BCUT2D eigenvalue weighted by Gasteiger charge is -2.23. The molecule has 0 radical (unpaired) electrons.